The molecule has 1 aromatic heterocycles. The monoisotopic (exact) mass is 354 g/mol. The van der Waals surface area contributed by atoms with Gasteiger partial charge in [-0.1, -0.05) is 41.0 Å². The molecule has 0 unspecified atom stereocenters. The minimum absolute atomic E-state index is 0.308. The molecule has 3 nitrogen and oxygen atoms in total. The Morgan fingerprint density at radius 2 is 1.77 bits per heavy atom. The lowest BCUT2D eigenvalue weighted by atomic mass is 10.2. The van der Waals surface area contributed by atoms with Crippen molar-refractivity contribution in [2.45, 2.75) is 11.0 Å². The van der Waals surface area contributed by atoms with Crippen molar-refractivity contribution in [1.82, 2.24) is 10.2 Å². The molecule has 0 N–H and O–H groups in total. The predicted molar refractivity (Wildman–Crippen MR) is 85.7 cm³/mol. The first-order valence-corrected chi connectivity index (χ1v) is 8.02. The molecule has 2 aromatic carbocycles. The second kappa shape index (κ2) is 6.69. The Balaban J connectivity index is 1.69. The summed E-state index contributed by atoms with van der Waals surface area (Å²) >= 11 is 13.2. The third kappa shape index (κ3) is 3.61. The van der Waals surface area contributed by atoms with Crippen LogP contribution in [0.1, 0.15) is 5.56 Å². The molecule has 0 aliphatic carbocycles. The van der Waals surface area contributed by atoms with Crippen LogP contribution in [0.5, 0.6) is 0 Å². The zero-order valence-electron chi connectivity index (χ0n) is 11.1. The average Bonchev–Trinajstić information content (AvgIpc) is 2.98. The van der Waals surface area contributed by atoms with Crippen LogP contribution >= 0.6 is 35.0 Å². The van der Waals surface area contributed by atoms with Crippen LogP contribution in [0.25, 0.3) is 11.5 Å². The maximum atomic E-state index is 12.9. The van der Waals surface area contributed by atoms with Gasteiger partial charge in [0.25, 0.3) is 5.22 Å². The maximum absolute atomic E-state index is 12.9. The summed E-state index contributed by atoms with van der Waals surface area (Å²) in [6.07, 6.45) is 0. The maximum Gasteiger partial charge on any atom is 0.277 e. The van der Waals surface area contributed by atoms with Gasteiger partial charge in [0.2, 0.25) is 5.89 Å². The van der Waals surface area contributed by atoms with Gasteiger partial charge < -0.3 is 4.42 Å². The molecule has 7 heteroatoms. The number of rotatable bonds is 4. The summed E-state index contributed by atoms with van der Waals surface area (Å²) < 4.78 is 18.4. The van der Waals surface area contributed by atoms with E-state index >= 15 is 0 Å². The quantitative estimate of drug-likeness (QED) is 0.582. The largest absolute Gasteiger partial charge is 0.411 e. The van der Waals surface area contributed by atoms with E-state index in [1.807, 2.05) is 6.07 Å². The molecule has 0 radical (unpaired) electrons. The summed E-state index contributed by atoms with van der Waals surface area (Å²) in [5, 5.41) is 9.38. The Labute approximate surface area is 140 Å². The van der Waals surface area contributed by atoms with E-state index in [-0.39, 0.29) is 5.82 Å². The molecule has 0 atom stereocenters. The second-order valence-corrected chi connectivity index (χ2v) is 6.16. The first-order chi connectivity index (χ1) is 10.6. The molecule has 0 spiro atoms. The van der Waals surface area contributed by atoms with Gasteiger partial charge in [0.05, 0.1) is 10.0 Å². The minimum atomic E-state index is -0.308. The van der Waals surface area contributed by atoms with Gasteiger partial charge in [0.1, 0.15) is 5.82 Å². The Morgan fingerprint density at radius 3 is 2.50 bits per heavy atom. The highest BCUT2D eigenvalue weighted by Gasteiger charge is 2.10. The van der Waals surface area contributed by atoms with Crippen LogP contribution in [0.3, 0.4) is 0 Å². The molecule has 0 saturated heterocycles. The number of aromatic nitrogens is 2. The van der Waals surface area contributed by atoms with Crippen molar-refractivity contribution in [3.8, 4) is 11.5 Å². The van der Waals surface area contributed by atoms with Crippen molar-refractivity contribution in [2.24, 2.45) is 0 Å². The van der Waals surface area contributed by atoms with Crippen LogP contribution in [0.15, 0.2) is 52.1 Å². The van der Waals surface area contributed by atoms with E-state index in [9.17, 15) is 4.39 Å². The standard InChI is InChI=1S/C15H9Cl2FN2OS/c16-12-6-1-9(7-13(12)17)8-22-15-20-19-14(21-15)10-2-4-11(18)5-3-10/h1-7H,8H2. The molecular weight excluding hydrogens is 346 g/mol. The van der Waals surface area contributed by atoms with Crippen LogP contribution in [-0.2, 0) is 5.75 Å². The van der Waals surface area contributed by atoms with Crippen molar-refractivity contribution < 1.29 is 8.81 Å². The molecule has 112 valence electrons. The van der Waals surface area contributed by atoms with Crippen LogP contribution in [0, 0.1) is 5.82 Å². The number of halogens is 3. The van der Waals surface area contributed by atoms with Crippen LogP contribution in [0.4, 0.5) is 4.39 Å². The van der Waals surface area contributed by atoms with Crippen molar-refractivity contribution in [1.29, 1.82) is 0 Å². The van der Waals surface area contributed by atoms with Crippen molar-refractivity contribution >= 4 is 35.0 Å². The number of hydrogen-bond donors (Lipinski definition) is 0. The van der Waals surface area contributed by atoms with Crippen LogP contribution < -0.4 is 0 Å². The summed E-state index contributed by atoms with van der Waals surface area (Å²) in [5.41, 5.74) is 1.68. The van der Waals surface area contributed by atoms with E-state index in [4.69, 9.17) is 27.6 Å². The Bertz CT molecular complexity index is 792. The summed E-state index contributed by atoms with van der Waals surface area (Å²) in [6.45, 7) is 0. The van der Waals surface area contributed by atoms with Crippen LogP contribution in [-0.4, -0.2) is 10.2 Å². The molecule has 0 bridgehead atoms. The van der Waals surface area contributed by atoms with Gasteiger partial charge in [-0.25, -0.2) is 4.39 Å². The Morgan fingerprint density at radius 1 is 1.00 bits per heavy atom. The lowest BCUT2D eigenvalue weighted by Crippen LogP contribution is -1.81. The third-order valence-electron chi connectivity index (χ3n) is 2.84. The van der Waals surface area contributed by atoms with Gasteiger partial charge in [0, 0.05) is 11.3 Å². The van der Waals surface area contributed by atoms with E-state index in [0.29, 0.717) is 32.5 Å². The molecular formula is C15H9Cl2FN2OS. The fraction of sp³-hybridized carbons (Fsp3) is 0.0667. The highest BCUT2D eigenvalue weighted by atomic mass is 35.5. The first kappa shape index (κ1) is 15.3. The smallest absolute Gasteiger partial charge is 0.277 e. The van der Waals surface area contributed by atoms with Crippen molar-refractivity contribution in [3.63, 3.8) is 0 Å². The van der Waals surface area contributed by atoms with E-state index in [1.165, 1.54) is 23.9 Å². The third-order valence-corrected chi connectivity index (χ3v) is 4.47. The molecule has 3 aromatic rings. The summed E-state index contributed by atoms with van der Waals surface area (Å²) in [7, 11) is 0. The summed E-state index contributed by atoms with van der Waals surface area (Å²) in [6, 6.07) is 11.3. The molecule has 0 aliphatic heterocycles. The number of nitrogens with zero attached hydrogens (tertiary/aromatic N) is 2. The lowest BCUT2D eigenvalue weighted by Gasteiger charge is -2.00. The molecule has 1 heterocycles. The number of benzene rings is 2. The number of thioether (sulfide) groups is 1. The normalized spacial score (nSPS) is 10.9. The van der Waals surface area contributed by atoms with Gasteiger partial charge in [-0.2, -0.15) is 0 Å². The van der Waals surface area contributed by atoms with Gasteiger partial charge >= 0.3 is 0 Å². The molecule has 0 saturated carbocycles. The fourth-order valence-electron chi connectivity index (χ4n) is 1.75. The number of hydrogen-bond acceptors (Lipinski definition) is 4. The Kier molecular flexibility index (Phi) is 4.66. The molecule has 3 rings (SSSR count). The van der Waals surface area contributed by atoms with E-state index in [0.717, 1.165) is 5.56 Å². The van der Waals surface area contributed by atoms with Crippen LogP contribution in [0.2, 0.25) is 10.0 Å². The van der Waals surface area contributed by atoms with E-state index in [1.54, 1.807) is 24.3 Å². The van der Waals surface area contributed by atoms with Crippen molar-refractivity contribution in [2.75, 3.05) is 0 Å². The minimum Gasteiger partial charge on any atom is -0.411 e. The Hall–Kier alpha value is -1.56. The van der Waals surface area contributed by atoms with Gasteiger partial charge in [-0.3, -0.25) is 0 Å². The highest BCUT2D eigenvalue weighted by molar-refractivity contribution is 7.98. The zero-order chi connectivity index (χ0) is 15.5. The van der Waals surface area contributed by atoms with Gasteiger partial charge in [0.15, 0.2) is 0 Å². The zero-order valence-corrected chi connectivity index (χ0v) is 13.4. The van der Waals surface area contributed by atoms with Gasteiger partial charge in [-0.05, 0) is 42.0 Å². The van der Waals surface area contributed by atoms with Crippen molar-refractivity contribution in [3.05, 3.63) is 63.9 Å². The highest BCUT2D eigenvalue weighted by Crippen LogP contribution is 2.28. The summed E-state index contributed by atoms with van der Waals surface area (Å²) in [5.74, 6) is 0.677. The second-order valence-electron chi connectivity index (χ2n) is 4.42. The predicted octanol–water partition coefficient (Wildman–Crippen LogP) is 5.47. The molecule has 0 aliphatic rings. The average molecular weight is 355 g/mol. The topological polar surface area (TPSA) is 38.9 Å². The first-order valence-electron chi connectivity index (χ1n) is 6.28. The van der Waals surface area contributed by atoms with Gasteiger partial charge in [-0.15, -0.1) is 10.2 Å². The van der Waals surface area contributed by atoms with E-state index in [2.05, 4.69) is 10.2 Å². The SMILES string of the molecule is Fc1ccc(-c2nnc(SCc3ccc(Cl)c(Cl)c3)o2)cc1. The molecule has 0 amide bonds. The fourth-order valence-corrected chi connectivity index (χ4v) is 2.78. The molecule has 22 heavy (non-hydrogen) atoms. The van der Waals surface area contributed by atoms with E-state index < -0.39 is 0 Å². The molecule has 0 fully saturated rings. The summed E-state index contributed by atoms with van der Waals surface area (Å²) in [4.78, 5) is 0. The lowest BCUT2D eigenvalue weighted by molar-refractivity contribution is 0.465.